The molecule has 3 aromatic carbocycles. The molecule has 1 atom stereocenters. The lowest BCUT2D eigenvalue weighted by Crippen LogP contribution is -2.39. The molecule has 1 aliphatic heterocycles. The minimum Gasteiger partial charge on any atom is -0.337 e. The van der Waals surface area contributed by atoms with Gasteiger partial charge in [-0.3, -0.25) is 0 Å². The van der Waals surface area contributed by atoms with Crippen molar-refractivity contribution in [3.05, 3.63) is 226 Å². The lowest BCUT2D eigenvalue weighted by molar-refractivity contribution is 0.477. The van der Waals surface area contributed by atoms with Gasteiger partial charge in [-0.25, -0.2) is 5.43 Å². The van der Waals surface area contributed by atoms with Crippen LogP contribution < -0.4 is 10.4 Å². The highest BCUT2D eigenvalue weighted by atomic mass is 15.5. The fraction of sp³-hybridized carbons (Fsp3) is 0.200. The van der Waals surface area contributed by atoms with Gasteiger partial charge in [0.15, 0.2) is 0 Å². The van der Waals surface area contributed by atoms with E-state index >= 15 is 0 Å². The quantitative estimate of drug-likeness (QED) is 0.142. The predicted molar refractivity (Wildman–Crippen MR) is 224 cm³/mol. The molecule has 0 saturated carbocycles. The first-order chi connectivity index (χ1) is 26.1. The molecule has 0 spiro atoms. The molecule has 53 heavy (non-hydrogen) atoms. The Morgan fingerprint density at radius 3 is 2.49 bits per heavy atom. The molecular formula is C50H49N3. The van der Waals surface area contributed by atoms with Crippen LogP contribution in [0, 0.1) is 6.92 Å². The average Bonchev–Trinajstić information content (AvgIpc) is 3.94. The molecule has 0 saturated heterocycles. The third-order valence-corrected chi connectivity index (χ3v) is 11.0. The molecule has 8 rings (SSSR count). The van der Waals surface area contributed by atoms with Gasteiger partial charge >= 0.3 is 0 Å². The van der Waals surface area contributed by atoms with Gasteiger partial charge in [0.2, 0.25) is 0 Å². The fourth-order valence-electron chi connectivity index (χ4n) is 8.18. The van der Waals surface area contributed by atoms with Crippen LogP contribution in [0.25, 0.3) is 5.57 Å². The zero-order valence-corrected chi connectivity index (χ0v) is 30.8. The van der Waals surface area contributed by atoms with Crippen LogP contribution in [0.2, 0.25) is 0 Å². The van der Waals surface area contributed by atoms with E-state index in [1.165, 1.54) is 61.4 Å². The molecule has 3 nitrogen and oxygen atoms in total. The number of benzene rings is 3. The first-order valence-electron chi connectivity index (χ1n) is 19.2. The van der Waals surface area contributed by atoms with Crippen molar-refractivity contribution in [2.24, 2.45) is 0 Å². The van der Waals surface area contributed by atoms with Crippen LogP contribution in [-0.2, 0) is 13.0 Å². The van der Waals surface area contributed by atoms with Gasteiger partial charge in [0.1, 0.15) is 0 Å². The van der Waals surface area contributed by atoms with E-state index in [1.54, 1.807) is 0 Å². The van der Waals surface area contributed by atoms with E-state index in [0.29, 0.717) is 0 Å². The van der Waals surface area contributed by atoms with Gasteiger partial charge in [-0.05, 0) is 143 Å². The van der Waals surface area contributed by atoms with Crippen molar-refractivity contribution in [3.63, 3.8) is 0 Å². The molecular weight excluding hydrogens is 643 g/mol. The molecule has 0 aromatic heterocycles. The van der Waals surface area contributed by atoms with E-state index in [4.69, 9.17) is 0 Å². The largest absolute Gasteiger partial charge is 0.337 e. The summed E-state index contributed by atoms with van der Waals surface area (Å²) in [6, 6.07) is 28.6. The Balaban J connectivity index is 1.05. The number of hydrazine groups is 1. The number of allylic oxidation sites excluding steroid dienone is 15. The highest BCUT2D eigenvalue weighted by Crippen LogP contribution is 2.46. The van der Waals surface area contributed by atoms with Crippen molar-refractivity contribution in [2.75, 3.05) is 11.6 Å². The monoisotopic (exact) mass is 691 g/mol. The molecule has 0 radical (unpaired) electrons. The SMILES string of the molecule is C=C/C=C(\C=C/N1C2=C(CCC=C2)C2=CC(C3=C(Cc4ccccc4C)C=CCC3)=CC21)c1ccc(N(CC2=CC=CC2)NCc2ccccc2)cc1. The maximum absolute atomic E-state index is 4.08. The molecule has 3 aromatic rings. The molecule has 0 bridgehead atoms. The van der Waals surface area contributed by atoms with Crippen LogP contribution in [0.1, 0.15) is 54.4 Å². The Hall–Kier alpha value is -5.64. The van der Waals surface area contributed by atoms with Crippen LogP contribution in [-0.4, -0.2) is 17.5 Å². The first-order valence-corrected chi connectivity index (χ1v) is 19.2. The van der Waals surface area contributed by atoms with E-state index in [2.05, 4.69) is 181 Å². The minimum absolute atomic E-state index is 0.211. The summed E-state index contributed by atoms with van der Waals surface area (Å²) in [5, 5.41) is 2.28. The second kappa shape index (κ2) is 15.9. The Kier molecular flexibility index (Phi) is 10.4. The molecule has 1 heterocycles. The van der Waals surface area contributed by atoms with Crippen molar-refractivity contribution in [1.29, 1.82) is 0 Å². The first kappa shape index (κ1) is 34.4. The molecule has 264 valence electrons. The topological polar surface area (TPSA) is 18.5 Å². The number of nitrogens with zero attached hydrogens (tertiary/aromatic N) is 2. The van der Waals surface area contributed by atoms with Crippen LogP contribution in [0.5, 0.6) is 0 Å². The molecule has 1 unspecified atom stereocenters. The Morgan fingerprint density at radius 2 is 1.70 bits per heavy atom. The maximum Gasteiger partial charge on any atom is 0.0782 e. The standard InChI is InChI=1S/C50H49N3/c1-3-15-40(41-26-28-45(29-27-41)53(36-39-19-8-9-20-39)51-35-38-17-5-4-6-18-38)30-31-52-49-25-14-13-24-47(49)48-33-44(34-50(48)52)46-23-12-11-22-43(46)32-42-21-10-7-16-37(42)2/h3-11,14-19,21-22,25-31,33-34,50-51H,1,12-13,20,23-24,32,35-36H2,2H3/b31-30-,40-15+. The van der Waals surface area contributed by atoms with Crippen molar-refractivity contribution in [2.45, 2.75) is 58.0 Å². The van der Waals surface area contributed by atoms with Crippen molar-refractivity contribution in [3.8, 4) is 0 Å². The van der Waals surface area contributed by atoms with Crippen LogP contribution in [0.4, 0.5) is 5.69 Å². The van der Waals surface area contributed by atoms with E-state index in [-0.39, 0.29) is 6.04 Å². The molecule has 3 heteroatoms. The summed E-state index contributed by atoms with van der Waals surface area (Å²) in [4.78, 5) is 2.49. The van der Waals surface area contributed by atoms with E-state index < -0.39 is 0 Å². The van der Waals surface area contributed by atoms with E-state index in [0.717, 1.165) is 62.9 Å². The number of fused-ring (bicyclic) bond motifs is 2. The molecule has 5 aliphatic rings. The normalized spacial score (nSPS) is 19.2. The predicted octanol–water partition coefficient (Wildman–Crippen LogP) is 11.5. The van der Waals surface area contributed by atoms with Crippen LogP contribution in [0.15, 0.2) is 204 Å². The highest BCUT2D eigenvalue weighted by molar-refractivity contribution is 5.76. The zero-order valence-electron chi connectivity index (χ0n) is 30.8. The molecule has 4 aliphatic carbocycles. The maximum atomic E-state index is 4.08. The number of hydrogen-bond acceptors (Lipinski definition) is 3. The summed E-state index contributed by atoms with van der Waals surface area (Å²) in [7, 11) is 0. The molecule has 0 fully saturated rings. The number of nitrogens with one attached hydrogen (secondary N) is 1. The fourth-order valence-corrected chi connectivity index (χ4v) is 8.18. The lowest BCUT2D eigenvalue weighted by Gasteiger charge is -2.27. The number of hydrogen-bond donors (Lipinski definition) is 1. The third-order valence-electron chi connectivity index (χ3n) is 11.0. The smallest absolute Gasteiger partial charge is 0.0782 e. The number of rotatable bonds is 13. The van der Waals surface area contributed by atoms with Crippen LogP contribution in [0.3, 0.4) is 0 Å². The van der Waals surface area contributed by atoms with Crippen LogP contribution >= 0.6 is 0 Å². The van der Waals surface area contributed by atoms with Gasteiger partial charge in [0.05, 0.1) is 18.3 Å². The zero-order chi connectivity index (χ0) is 36.0. The summed E-state index contributed by atoms with van der Waals surface area (Å²) in [6.45, 7) is 7.92. The van der Waals surface area contributed by atoms with Gasteiger partial charge in [0, 0.05) is 18.4 Å². The van der Waals surface area contributed by atoms with Gasteiger partial charge in [-0.1, -0.05) is 122 Å². The average molecular weight is 692 g/mol. The molecule has 0 amide bonds. The number of anilines is 1. The van der Waals surface area contributed by atoms with Gasteiger partial charge in [-0.15, -0.1) is 0 Å². The van der Waals surface area contributed by atoms with Gasteiger partial charge in [0.25, 0.3) is 0 Å². The van der Waals surface area contributed by atoms with Crippen molar-refractivity contribution < 1.29 is 0 Å². The Morgan fingerprint density at radius 1 is 0.906 bits per heavy atom. The lowest BCUT2D eigenvalue weighted by atomic mass is 9.87. The second-order valence-electron chi connectivity index (χ2n) is 14.5. The number of aryl methyl sites for hydroxylation is 1. The highest BCUT2D eigenvalue weighted by Gasteiger charge is 2.37. The summed E-state index contributed by atoms with van der Waals surface area (Å²) < 4.78 is 0. The second-order valence-corrected chi connectivity index (χ2v) is 14.5. The van der Waals surface area contributed by atoms with Gasteiger partial charge < -0.3 is 9.91 Å². The Labute approximate surface area is 316 Å². The minimum atomic E-state index is 0.211. The van der Waals surface area contributed by atoms with E-state index in [9.17, 15) is 0 Å². The van der Waals surface area contributed by atoms with Crippen molar-refractivity contribution >= 4 is 11.3 Å². The summed E-state index contributed by atoms with van der Waals surface area (Å²) in [5.74, 6) is 0. The van der Waals surface area contributed by atoms with Crippen molar-refractivity contribution in [1.82, 2.24) is 10.3 Å². The summed E-state index contributed by atoms with van der Waals surface area (Å²) in [6.07, 6.45) is 36.0. The molecule has 1 N–H and O–H groups in total. The third kappa shape index (κ3) is 7.63. The summed E-state index contributed by atoms with van der Waals surface area (Å²) >= 11 is 0. The van der Waals surface area contributed by atoms with E-state index in [1.807, 2.05) is 6.08 Å². The summed E-state index contributed by atoms with van der Waals surface area (Å²) in [5.41, 5.74) is 21.3. The Bertz CT molecular complexity index is 2180. The van der Waals surface area contributed by atoms with Gasteiger partial charge in [-0.2, -0.15) is 0 Å².